The van der Waals surface area contributed by atoms with E-state index >= 15 is 0 Å². The quantitative estimate of drug-likeness (QED) is 0.791. The van der Waals surface area contributed by atoms with E-state index in [2.05, 4.69) is 10.3 Å². The number of nitrogens with zero attached hydrogens (tertiary/aromatic N) is 2. The second-order valence-electron chi connectivity index (χ2n) is 10.2. The van der Waals surface area contributed by atoms with Crippen LogP contribution in [0.4, 0.5) is 4.79 Å². The third-order valence-corrected chi connectivity index (χ3v) is 5.82. The van der Waals surface area contributed by atoms with Crippen molar-refractivity contribution < 1.29 is 19.1 Å². The first-order chi connectivity index (χ1) is 14.5. The number of aromatic nitrogens is 1. The SMILES string of the molecule is CC(C)(COc1nccc2ccccc12)NC(=O)C1C2CN(C(=O)OC(C)(C)C)CC21. The monoisotopic (exact) mass is 425 g/mol. The molecule has 1 aromatic carbocycles. The predicted molar refractivity (Wildman–Crippen MR) is 118 cm³/mol. The van der Waals surface area contributed by atoms with E-state index in [1.165, 1.54) is 0 Å². The van der Waals surface area contributed by atoms with Crippen molar-refractivity contribution in [3.05, 3.63) is 36.5 Å². The number of hydrogen-bond donors (Lipinski definition) is 1. The van der Waals surface area contributed by atoms with Crippen LogP contribution in [0.1, 0.15) is 34.6 Å². The maximum atomic E-state index is 12.8. The van der Waals surface area contributed by atoms with E-state index in [9.17, 15) is 9.59 Å². The lowest BCUT2D eigenvalue weighted by molar-refractivity contribution is -0.125. The van der Waals surface area contributed by atoms with E-state index in [1.807, 2.05) is 65.0 Å². The molecule has 7 nitrogen and oxygen atoms in total. The van der Waals surface area contributed by atoms with Crippen molar-refractivity contribution in [3.63, 3.8) is 0 Å². The van der Waals surface area contributed by atoms with Crippen molar-refractivity contribution in [3.8, 4) is 5.88 Å². The molecule has 1 saturated heterocycles. The third-order valence-electron chi connectivity index (χ3n) is 5.82. The Bertz CT molecular complexity index is 980. The molecule has 0 bridgehead atoms. The maximum Gasteiger partial charge on any atom is 0.410 e. The molecule has 1 N–H and O–H groups in total. The molecule has 1 aromatic heterocycles. The summed E-state index contributed by atoms with van der Waals surface area (Å²) in [4.78, 5) is 31.1. The van der Waals surface area contributed by atoms with Gasteiger partial charge < -0.3 is 19.7 Å². The number of nitrogens with one attached hydrogen (secondary N) is 1. The van der Waals surface area contributed by atoms with Gasteiger partial charge in [0.15, 0.2) is 0 Å². The largest absolute Gasteiger partial charge is 0.475 e. The Balaban J connectivity index is 1.29. The molecule has 7 heteroatoms. The van der Waals surface area contributed by atoms with Crippen LogP contribution in [0.5, 0.6) is 5.88 Å². The van der Waals surface area contributed by atoms with Gasteiger partial charge in [-0.15, -0.1) is 0 Å². The minimum atomic E-state index is -0.544. The first-order valence-corrected chi connectivity index (χ1v) is 10.8. The van der Waals surface area contributed by atoms with E-state index in [-0.39, 0.29) is 29.8 Å². The van der Waals surface area contributed by atoms with Gasteiger partial charge in [-0.05, 0) is 64.0 Å². The van der Waals surface area contributed by atoms with Gasteiger partial charge in [0.05, 0.1) is 5.54 Å². The molecule has 4 rings (SSSR count). The highest BCUT2D eigenvalue weighted by Crippen LogP contribution is 2.52. The first kappa shape index (κ1) is 21.4. The number of hydrogen-bond acceptors (Lipinski definition) is 5. The summed E-state index contributed by atoms with van der Waals surface area (Å²) in [6.45, 7) is 10.9. The number of benzene rings is 1. The molecule has 0 radical (unpaired) electrons. The predicted octanol–water partition coefficient (Wildman–Crippen LogP) is 3.62. The number of piperidine rings is 1. The van der Waals surface area contributed by atoms with Crippen molar-refractivity contribution in [2.45, 2.75) is 45.8 Å². The van der Waals surface area contributed by atoms with Crippen molar-refractivity contribution in [1.29, 1.82) is 0 Å². The topological polar surface area (TPSA) is 80.8 Å². The summed E-state index contributed by atoms with van der Waals surface area (Å²) in [5.74, 6) is 0.969. The zero-order valence-corrected chi connectivity index (χ0v) is 18.8. The molecular formula is C24H31N3O4. The van der Waals surface area contributed by atoms with Gasteiger partial charge in [-0.25, -0.2) is 9.78 Å². The van der Waals surface area contributed by atoms with E-state index in [0.717, 1.165) is 10.8 Å². The molecule has 1 aliphatic heterocycles. The fraction of sp³-hybridized carbons (Fsp3) is 0.542. The molecule has 2 amide bonds. The summed E-state index contributed by atoms with van der Waals surface area (Å²) < 4.78 is 11.4. The van der Waals surface area contributed by atoms with E-state index in [0.29, 0.717) is 25.6 Å². The van der Waals surface area contributed by atoms with Gasteiger partial charge in [-0.1, -0.05) is 18.2 Å². The molecule has 31 heavy (non-hydrogen) atoms. The lowest BCUT2D eigenvalue weighted by atomic mass is 10.1. The average Bonchev–Trinajstić information content (AvgIpc) is 3.19. The Morgan fingerprint density at radius 2 is 1.77 bits per heavy atom. The normalized spacial score (nSPS) is 22.7. The Labute approximate surface area is 183 Å². The van der Waals surface area contributed by atoms with Crippen LogP contribution in [-0.2, 0) is 9.53 Å². The van der Waals surface area contributed by atoms with Crippen LogP contribution in [-0.4, -0.2) is 52.7 Å². The van der Waals surface area contributed by atoms with Gasteiger partial charge in [0, 0.05) is 30.6 Å². The number of carbonyl (C=O) groups excluding carboxylic acids is 2. The summed E-state index contributed by atoms with van der Waals surface area (Å²) in [6, 6.07) is 9.87. The molecule has 166 valence electrons. The van der Waals surface area contributed by atoms with Crippen LogP contribution in [0, 0.1) is 17.8 Å². The van der Waals surface area contributed by atoms with Gasteiger partial charge in [0.25, 0.3) is 0 Å². The average molecular weight is 426 g/mol. The molecule has 2 fully saturated rings. The Kier molecular flexibility index (Phi) is 5.31. The summed E-state index contributed by atoms with van der Waals surface area (Å²) in [5, 5.41) is 5.14. The number of amides is 2. The number of rotatable bonds is 5. The van der Waals surface area contributed by atoms with E-state index in [4.69, 9.17) is 9.47 Å². The van der Waals surface area contributed by atoms with Crippen LogP contribution in [0.15, 0.2) is 36.5 Å². The molecule has 2 unspecified atom stereocenters. The number of carbonyl (C=O) groups is 2. The third kappa shape index (κ3) is 4.75. The van der Waals surface area contributed by atoms with Crippen molar-refractivity contribution in [1.82, 2.24) is 15.2 Å². The number of pyridine rings is 1. The molecule has 2 aromatic rings. The highest BCUT2D eigenvalue weighted by atomic mass is 16.6. The molecule has 1 aliphatic carbocycles. The molecule has 2 heterocycles. The maximum absolute atomic E-state index is 12.8. The lowest BCUT2D eigenvalue weighted by Crippen LogP contribution is -2.49. The molecule has 0 spiro atoms. The second-order valence-corrected chi connectivity index (χ2v) is 10.2. The van der Waals surface area contributed by atoms with Crippen molar-refractivity contribution >= 4 is 22.8 Å². The van der Waals surface area contributed by atoms with Gasteiger partial charge in [-0.2, -0.15) is 0 Å². The van der Waals surface area contributed by atoms with E-state index in [1.54, 1.807) is 11.1 Å². The van der Waals surface area contributed by atoms with Gasteiger partial charge >= 0.3 is 6.09 Å². The summed E-state index contributed by atoms with van der Waals surface area (Å²) in [5.41, 5.74) is -1.05. The van der Waals surface area contributed by atoms with E-state index < -0.39 is 11.1 Å². The first-order valence-electron chi connectivity index (χ1n) is 10.8. The number of fused-ring (bicyclic) bond motifs is 2. The van der Waals surface area contributed by atoms with Crippen LogP contribution >= 0.6 is 0 Å². The standard InChI is InChI=1S/C24H31N3O4/c1-23(2,3)31-22(29)27-12-17-18(13-27)19(17)20(28)26-24(4,5)14-30-21-16-9-7-6-8-15(16)10-11-25-21/h6-11,17-19H,12-14H2,1-5H3,(H,26,28). The van der Waals surface area contributed by atoms with Crippen LogP contribution in [0.2, 0.25) is 0 Å². The minimum Gasteiger partial charge on any atom is -0.475 e. The second kappa shape index (κ2) is 7.70. The van der Waals surface area contributed by atoms with Crippen LogP contribution in [0.25, 0.3) is 10.8 Å². The zero-order chi connectivity index (χ0) is 22.4. The van der Waals surface area contributed by atoms with Crippen LogP contribution < -0.4 is 10.1 Å². The smallest absolute Gasteiger partial charge is 0.410 e. The summed E-state index contributed by atoms with van der Waals surface area (Å²) in [6.07, 6.45) is 1.43. The number of ether oxygens (including phenoxy) is 2. The Hall–Kier alpha value is -2.83. The van der Waals surface area contributed by atoms with Gasteiger partial charge in [0.2, 0.25) is 11.8 Å². The zero-order valence-electron chi connectivity index (χ0n) is 18.8. The Morgan fingerprint density at radius 3 is 2.45 bits per heavy atom. The Morgan fingerprint density at radius 1 is 1.10 bits per heavy atom. The highest BCUT2D eigenvalue weighted by Gasteiger charge is 2.61. The van der Waals surface area contributed by atoms with Crippen molar-refractivity contribution in [2.75, 3.05) is 19.7 Å². The minimum absolute atomic E-state index is 0.0262. The van der Waals surface area contributed by atoms with Gasteiger partial charge in [-0.3, -0.25) is 4.79 Å². The summed E-state index contributed by atoms with van der Waals surface area (Å²) >= 11 is 0. The summed E-state index contributed by atoms with van der Waals surface area (Å²) in [7, 11) is 0. The fourth-order valence-electron chi connectivity index (χ4n) is 4.30. The molecule has 2 aliphatic rings. The fourth-order valence-corrected chi connectivity index (χ4v) is 4.30. The molecular weight excluding hydrogens is 394 g/mol. The van der Waals surface area contributed by atoms with Gasteiger partial charge in [0.1, 0.15) is 12.2 Å². The molecule has 1 saturated carbocycles. The lowest BCUT2D eigenvalue weighted by Gasteiger charge is -2.28. The molecule has 2 atom stereocenters. The highest BCUT2D eigenvalue weighted by molar-refractivity contribution is 5.86. The number of likely N-dealkylation sites (tertiary alicyclic amines) is 1. The van der Waals surface area contributed by atoms with Crippen LogP contribution in [0.3, 0.4) is 0 Å². The van der Waals surface area contributed by atoms with Crippen molar-refractivity contribution in [2.24, 2.45) is 17.8 Å².